The van der Waals surface area contributed by atoms with Gasteiger partial charge in [-0.1, -0.05) is 92.7 Å². The van der Waals surface area contributed by atoms with Gasteiger partial charge in [-0.05, 0) is 37.7 Å². The zero-order valence-corrected chi connectivity index (χ0v) is 22.2. The van der Waals surface area contributed by atoms with Gasteiger partial charge in [-0.3, -0.25) is 0 Å². The van der Waals surface area contributed by atoms with E-state index in [4.69, 9.17) is 5.73 Å². The van der Waals surface area contributed by atoms with Crippen molar-refractivity contribution in [1.82, 2.24) is 10.6 Å². The summed E-state index contributed by atoms with van der Waals surface area (Å²) < 4.78 is 0. The van der Waals surface area contributed by atoms with E-state index < -0.39 is 7.92 Å². The molecule has 0 saturated carbocycles. The zero-order valence-electron chi connectivity index (χ0n) is 18.0. The SMILES string of the molecule is CCNCCNCC.Nc1ccccc1P(c1ccccc1)c1ccccc1.[Cl-].[Cl-].[Ru+2]. The molecule has 3 rings (SSSR count). The molecule has 0 spiro atoms. The van der Waals surface area contributed by atoms with Crippen LogP contribution in [0.5, 0.6) is 0 Å². The van der Waals surface area contributed by atoms with E-state index in [0.29, 0.717) is 0 Å². The van der Waals surface area contributed by atoms with Crippen molar-refractivity contribution in [2.75, 3.05) is 31.9 Å². The molecule has 0 saturated heterocycles. The fraction of sp³-hybridized carbons (Fsp3) is 0.250. The Bertz CT molecular complexity index is 750. The molecule has 0 unspecified atom stereocenters. The first kappa shape index (κ1) is 32.2. The smallest absolute Gasteiger partial charge is 1.00 e. The van der Waals surface area contributed by atoms with Gasteiger partial charge in [0.25, 0.3) is 0 Å². The number of likely N-dealkylation sites (N-methyl/N-ethyl adjacent to an activating group) is 2. The molecule has 3 aromatic rings. The minimum absolute atomic E-state index is 0. The number of hydrogen-bond donors (Lipinski definition) is 3. The summed E-state index contributed by atoms with van der Waals surface area (Å²) in [6.07, 6.45) is 0. The number of halogens is 2. The number of nitrogen functional groups attached to an aromatic ring is 1. The molecule has 0 aliphatic heterocycles. The largest absolute Gasteiger partial charge is 2.00 e. The summed E-state index contributed by atoms with van der Waals surface area (Å²) in [5, 5.41) is 10.3. The predicted octanol–water partition coefficient (Wildman–Crippen LogP) is -2.76. The quantitative estimate of drug-likeness (QED) is 0.120. The molecular formula is C24H32Cl2N3PRu. The first-order valence-corrected chi connectivity index (χ1v) is 11.3. The monoisotopic (exact) mass is 565 g/mol. The molecular weight excluding hydrogens is 533 g/mol. The summed E-state index contributed by atoms with van der Waals surface area (Å²) in [4.78, 5) is 0. The fourth-order valence-corrected chi connectivity index (χ4v) is 5.17. The Morgan fingerprint density at radius 2 is 1.03 bits per heavy atom. The van der Waals surface area contributed by atoms with Gasteiger partial charge in [0.15, 0.2) is 0 Å². The average molecular weight is 565 g/mol. The molecule has 0 bridgehead atoms. The third-order valence-electron chi connectivity index (χ3n) is 4.18. The van der Waals surface area contributed by atoms with Crippen molar-refractivity contribution in [3.05, 3.63) is 84.9 Å². The van der Waals surface area contributed by atoms with Crippen LogP contribution in [-0.4, -0.2) is 26.2 Å². The molecule has 0 aliphatic rings. The molecule has 0 aliphatic carbocycles. The maximum Gasteiger partial charge on any atom is 2.00 e. The van der Waals surface area contributed by atoms with Crippen LogP contribution in [0.1, 0.15) is 13.8 Å². The van der Waals surface area contributed by atoms with Gasteiger partial charge in [0, 0.05) is 24.1 Å². The summed E-state index contributed by atoms with van der Waals surface area (Å²) in [5.41, 5.74) is 7.08. The minimum atomic E-state index is -0.592. The van der Waals surface area contributed by atoms with Gasteiger partial charge < -0.3 is 41.2 Å². The summed E-state index contributed by atoms with van der Waals surface area (Å²) in [6, 6.07) is 29.4. The van der Waals surface area contributed by atoms with Crippen molar-refractivity contribution < 1.29 is 44.3 Å². The van der Waals surface area contributed by atoms with E-state index in [9.17, 15) is 0 Å². The van der Waals surface area contributed by atoms with Crippen molar-refractivity contribution in [2.45, 2.75) is 13.8 Å². The van der Waals surface area contributed by atoms with Crippen LogP contribution in [0.4, 0.5) is 5.69 Å². The van der Waals surface area contributed by atoms with E-state index in [1.807, 2.05) is 12.1 Å². The van der Waals surface area contributed by atoms with E-state index in [0.717, 1.165) is 31.9 Å². The fourth-order valence-electron chi connectivity index (χ4n) is 2.80. The molecule has 0 heterocycles. The van der Waals surface area contributed by atoms with Gasteiger partial charge in [0.05, 0.1) is 0 Å². The Balaban J connectivity index is 0. The maximum atomic E-state index is 6.21. The van der Waals surface area contributed by atoms with E-state index in [1.165, 1.54) is 15.9 Å². The Kier molecular flexibility index (Phi) is 20.4. The molecule has 0 atom stereocenters. The van der Waals surface area contributed by atoms with Crippen LogP contribution in [0, 0.1) is 0 Å². The molecule has 3 aromatic carbocycles. The van der Waals surface area contributed by atoms with Crippen LogP contribution in [0.3, 0.4) is 0 Å². The molecule has 0 radical (unpaired) electrons. The van der Waals surface area contributed by atoms with Crippen LogP contribution in [0.2, 0.25) is 0 Å². The van der Waals surface area contributed by atoms with E-state index >= 15 is 0 Å². The molecule has 170 valence electrons. The van der Waals surface area contributed by atoms with Crippen molar-refractivity contribution in [3.8, 4) is 0 Å². The van der Waals surface area contributed by atoms with Crippen LogP contribution >= 0.6 is 7.92 Å². The van der Waals surface area contributed by atoms with Gasteiger partial charge in [-0.15, -0.1) is 0 Å². The molecule has 3 nitrogen and oxygen atoms in total. The van der Waals surface area contributed by atoms with Crippen LogP contribution < -0.4 is 57.1 Å². The first-order chi connectivity index (χ1) is 13.8. The van der Waals surface area contributed by atoms with Crippen LogP contribution in [0.15, 0.2) is 84.9 Å². The Morgan fingerprint density at radius 1 is 0.645 bits per heavy atom. The maximum absolute atomic E-state index is 6.21. The number of benzene rings is 3. The average Bonchev–Trinajstić information content (AvgIpc) is 2.75. The summed E-state index contributed by atoms with van der Waals surface area (Å²) in [6.45, 7) is 8.56. The van der Waals surface area contributed by atoms with E-state index in [-0.39, 0.29) is 44.3 Å². The third-order valence-corrected chi connectivity index (χ3v) is 6.70. The summed E-state index contributed by atoms with van der Waals surface area (Å²) >= 11 is 0. The number of nitrogens with two attached hydrogens (primary N) is 1. The summed E-state index contributed by atoms with van der Waals surface area (Å²) in [7, 11) is -0.592. The molecule has 0 fully saturated rings. The number of nitrogens with one attached hydrogen (secondary N) is 2. The van der Waals surface area contributed by atoms with Crippen LogP contribution in [0.25, 0.3) is 0 Å². The zero-order chi connectivity index (χ0) is 20.0. The minimum Gasteiger partial charge on any atom is -1.00 e. The van der Waals surface area contributed by atoms with Crippen molar-refractivity contribution in [1.29, 1.82) is 0 Å². The molecule has 7 heteroatoms. The second kappa shape index (κ2) is 19.7. The topological polar surface area (TPSA) is 50.1 Å². The van der Waals surface area contributed by atoms with Gasteiger partial charge in [-0.2, -0.15) is 0 Å². The standard InChI is InChI=1S/C18H16NP.C6H16N2.2ClH.Ru/c19-17-13-7-8-14-18(17)20(15-9-3-1-4-10-15)16-11-5-2-6-12-16;1-3-7-5-6-8-4-2;;;/h1-14H,19H2;7-8H,3-6H2,1-2H3;2*1H;/q;;;;+2/p-2. The number of anilines is 1. The molecule has 31 heavy (non-hydrogen) atoms. The predicted molar refractivity (Wildman–Crippen MR) is 127 cm³/mol. The van der Waals surface area contributed by atoms with Crippen molar-refractivity contribution in [2.24, 2.45) is 0 Å². The Morgan fingerprint density at radius 3 is 1.42 bits per heavy atom. The van der Waals surface area contributed by atoms with Crippen molar-refractivity contribution >= 4 is 29.5 Å². The molecule has 0 amide bonds. The van der Waals surface area contributed by atoms with E-state index in [2.05, 4.69) is 97.3 Å². The van der Waals surface area contributed by atoms with Gasteiger partial charge in [0.2, 0.25) is 0 Å². The summed E-state index contributed by atoms with van der Waals surface area (Å²) in [5.74, 6) is 0. The van der Waals surface area contributed by atoms with Gasteiger partial charge in [0.1, 0.15) is 0 Å². The number of rotatable bonds is 8. The third kappa shape index (κ3) is 11.4. The first-order valence-electron chi connectivity index (χ1n) is 9.94. The Labute approximate surface area is 214 Å². The van der Waals surface area contributed by atoms with Gasteiger partial charge >= 0.3 is 19.5 Å². The van der Waals surface area contributed by atoms with Gasteiger partial charge in [-0.25, -0.2) is 0 Å². The molecule has 4 N–H and O–H groups in total. The van der Waals surface area contributed by atoms with Crippen molar-refractivity contribution in [3.63, 3.8) is 0 Å². The normalized spacial score (nSPS) is 9.39. The van der Waals surface area contributed by atoms with E-state index in [1.54, 1.807) is 0 Å². The number of para-hydroxylation sites is 1. The second-order valence-electron chi connectivity index (χ2n) is 6.27. The van der Waals surface area contributed by atoms with Crippen LogP contribution in [-0.2, 0) is 19.5 Å². The Hall–Kier alpha value is -0.987. The second-order valence-corrected chi connectivity index (χ2v) is 8.46. The number of hydrogen-bond acceptors (Lipinski definition) is 3. The molecule has 0 aromatic heterocycles.